The smallest absolute Gasteiger partial charge is 0.413 e. The third-order valence-corrected chi connectivity index (χ3v) is 2.69. The second kappa shape index (κ2) is 3.33. The van der Waals surface area contributed by atoms with Gasteiger partial charge >= 0.3 is 6.09 Å². The molecule has 1 N–H and O–H groups in total. The maximum Gasteiger partial charge on any atom is 0.413 e. The van der Waals surface area contributed by atoms with Gasteiger partial charge in [0.1, 0.15) is 0 Å². The SMILES string of the molecule is COC(=O)Nc1nc(C2CC2)cs1. The van der Waals surface area contributed by atoms with Gasteiger partial charge in [-0.25, -0.2) is 9.78 Å². The van der Waals surface area contributed by atoms with Crippen LogP contribution in [-0.2, 0) is 4.74 Å². The van der Waals surface area contributed by atoms with Crippen LogP contribution < -0.4 is 5.32 Å². The Bertz CT molecular complexity index is 320. The second-order valence-electron chi connectivity index (χ2n) is 2.97. The molecule has 5 heteroatoms. The standard InChI is InChI=1S/C8H10N2O2S/c1-12-8(11)10-7-9-6(4-13-7)5-2-3-5/h4-5H,2-3H2,1H3,(H,9,10,11). The Morgan fingerprint density at radius 1 is 1.77 bits per heavy atom. The fourth-order valence-corrected chi connectivity index (χ4v) is 1.83. The Morgan fingerprint density at radius 3 is 3.15 bits per heavy atom. The predicted octanol–water partition coefficient (Wildman–Crippen LogP) is 2.20. The Hall–Kier alpha value is -1.10. The van der Waals surface area contributed by atoms with Gasteiger partial charge in [0, 0.05) is 11.3 Å². The van der Waals surface area contributed by atoms with E-state index in [2.05, 4.69) is 15.0 Å². The molecule has 0 atom stereocenters. The molecule has 1 heterocycles. The number of amides is 1. The van der Waals surface area contributed by atoms with E-state index in [0.717, 1.165) is 5.69 Å². The van der Waals surface area contributed by atoms with E-state index in [4.69, 9.17) is 0 Å². The van der Waals surface area contributed by atoms with Crippen LogP contribution in [0.1, 0.15) is 24.5 Å². The molecule has 0 aliphatic heterocycles. The maximum atomic E-state index is 10.8. The molecule has 0 radical (unpaired) electrons. The van der Waals surface area contributed by atoms with E-state index in [-0.39, 0.29) is 0 Å². The lowest BCUT2D eigenvalue weighted by atomic mass is 10.3. The van der Waals surface area contributed by atoms with E-state index < -0.39 is 6.09 Å². The summed E-state index contributed by atoms with van der Waals surface area (Å²) >= 11 is 1.44. The van der Waals surface area contributed by atoms with Crippen molar-refractivity contribution >= 4 is 22.6 Å². The van der Waals surface area contributed by atoms with Crippen LogP contribution in [0.2, 0.25) is 0 Å². The van der Waals surface area contributed by atoms with Gasteiger partial charge in [-0.05, 0) is 12.8 Å². The Kier molecular flexibility index (Phi) is 2.18. The van der Waals surface area contributed by atoms with Crippen LogP contribution in [0.5, 0.6) is 0 Å². The first kappa shape index (κ1) is 8.50. The van der Waals surface area contributed by atoms with Crippen molar-refractivity contribution < 1.29 is 9.53 Å². The van der Waals surface area contributed by atoms with Crippen molar-refractivity contribution in [3.8, 4) is 0 Å². The fourth-order valence-electron chi connectivity index (χ4n) is 1.05. The molecule has 1 aromatic rings. The first-order valence-corrected chi connectivity index (χ1v) is 4.98. The van der Waals surface area contributed by atoms with Crippen molar-refractivity contribution in [1.82, 2.24) is 4.98 Å². The number of ether oxygens (including phenoxy) is 1. The third kappa shape index (κ3) is 1.98. The molecule has 1 amide bonds. The largest absolute Gasteiger partial charge is 0.453 e. The number of aromatic nitrogens is 1. The van der Waals surface area contributed by atoms with Crippen LogP contribution in [-0.4, -0.2) is 18.2 Å². The number of nitrogens with zero attached hydrogens (tertiary/aromatic N) is 1. The summed E-state index contributed by atoms with van der Waals surface area (Å²) in [5.74, 6) is 0.629. The van der Waals surface area contributed by atoms with Gasteiger partial charge in [0.2, 0.25) is 0 Å². The molecule has 1 saturated carbocycles. The van der Waals surface area contributed by atoms with E-state index in [9.17, 15) is 4.79 Å². The van der Waals surface area contributed by atoms with Crippen molar-refractivity contribution in [2.45, 2.75) is 18.8 Å². The number of hydrogen-bond acceptors (Lipinski definition) is 4. The molecule has 1 aliphatic carbocycles. The highest BCUT2D eigenvalue weighted by Gasteiger charge is 2.26. The minimum absolute atomic E-state index is 0.461. The highest BCUT2D eigenvalue weighted by molar-refractivity contribution is 7.13. The summed E-state index contributed by atoms with van der Waals surface area (Å²) in [5.41, 5.74) is 1.09. The Balaban J connectivity index is 2.00. The summed E-state index contributed by atoms with van der Waals surface area (Å²) in [4.78, 5) is 15.1. The van der Waals surface area contributed by atoms with Crippen molar-refractivity contribution in [3.63, 3.8) is 0 Å². The summed E-state index contributed by atoms with van der Waals surface area (Å²) in [6.45, 7) is 0. The Labute approximate surface area is 79.9 Å². The van der Waals surface area contributed by atoms with Crippen molar-refractivity contribution in [2.24, 2.45) is 0 Å². The monoisotopic (exact) mass is 198 g/mol. The van der Waals surface area contributed by atoms with E-state index in [0.29, 0.717) is 11.0 Å². The topological polar surface area (TPSA) is 51.2 Å². The lowest BCUT2D eigenvalue weighted by molar-refractivity contribution is 0.187. The average Bonchev–Trinajstić information content (AvgIpc) is 2.88. The van der Waals surface area contributed by atoms with Crippen LogP contribution in [0.4, 0.5) is 9.93 Å². The lowest BCUT2D eigenvalue weighted by Gasteiger charge is -1.96. The summed E-state index contributed by atoms with van der Waals surface area (Å²) < 4.78 is 4.46. The van der Waals surface area contributed by atoms with Crippen LogP contribution in [0.15, 0.2) is 5.38 Å². The lowest BCUT2D eigenvalue weighted by Crippen LogP contribution is -2.10. The Morgan fingerprint density at radius 2 is 2.54 bits per heavy atom. The van der Waals surface area contributed by atoms with Crippen LogP contribution >= 0.6 is 11.3 Å². The highest BCUT2D eigenvalue weighted by atomic mass is 32.1. The van der Waals surface area contributed by atoms with Crippen LogP contribution in [0.25, 0.3) is 0 Å². The van der Waals surface area contributed by atoms with Gasteiger partial charge in [0.25, 0.3) is 0 Å². The molecule has 0 spiro atoms. The van der Waals surface area contributed by atoms with E-state index in [1.54, 1.807) is 0 Å². The molecule has 13 heavy (non-hydrogen) atoms. The molecule has 0 bridgehead atoms. The zero-order chi connectivity index (χ0) is 9.26. The number of thiazole rings is 1. The fraction of sp³-hybridized carbons (Fsp3) is 0.500. The van der Waals surface area contributed by atoms with Gasteiger partial charge in [0.05, 0.1) is 12.8 Å². The summed E-state index contributed by atoms with van der Waals surface area (Å²) in [7, 11) is 1.34. The number of carbonyl (C=O) groups excluding carboxylic acids is 1. The van der Waals surface area contributed by atoms with Gasteiger partial charge in [-0.1, -0.05) is 0 Å². The number of anilines is 1. The molecule has 70 valence electrons. The number of carbonyl (C=O) groups is 1. The predicted molar refractivity (Wildman–Crippen MR) is 50.1 cm³/mol. The number of nitrogens with one attached hydrogen (secondary N) is 1. The highest BCUT2D eigenvalue weighted by Crippen LogP contribution is 2.40. The summed E-state index contributed by atoms with van der Waals surface area (Å²) in [6, 6.07) is 0. The molecule has 0 unspecified atom stereocenters. The van der Waals surface area contributed by atoms with Gasteiger partial charge < -0.3 is 4.74 Å². The van der Waals surface area contributed by atoms with Gasteiger partial charge in [-0.15, -0.1) is 11.3 Å². The van der Waals surface area contributed by atoms with Crippen LogP contribution in [0, 0.1) is 0 Å². The van der Waals surface area contributed by atoms with E-state index in [1.807, 2.05) is 5.38 Å². The first-order chi connectivity index (χ1) is 6.29. The first-order valence-electron chi connectivity index (χ1n) is 4.10. The second-order valence-corrected chi connectivity index (χ2v) is 3.83. The minimum Gasteiger partial charge on any atom is -0.453 e. The summed E-state index contributed by atoms with van der Waals surface area (Å²) in [5, 5.41) is 5.15. The molecule has 0 aromatic carbocycles. The minimum atomic E-state index is -0.461. The molecule has 0 saturated heterocycles. The van der Waals surface area contributed by atoms with E-state index in [1.165, 1.54) is 31.3 Å². The average molecular weight is 198 g/mol. The molecule has 1 aromatic heterocycles. The van der Waals surface area contributed by atoms with Gasteiger partial charge in [0.15, 0.2) is 5.13 Å². The third-order valence-electron chi connectivity index (χ3n) is 1.91. The van der Waals surface area contributed by atoms with Gasteiger partial charge in [-0.2, -0.15) is 0 Å². The zero-order valence-corrected chi connectivity index (χ0v) is 8.06. The molecular formula is C8H10N2O2S. The number of hydrogen-bond donors (Lipinski definition) is 1. The molecule has 1 aliphatic rings. The van der Waals surface area contributed by atoms with Crippen molar-refractivity contribution in [3.05, 3.63) is 11.1 Å². The number of methoxy groups -OCH3 is 1. The zero-order valence-electron chi connectivity index (χ0n) is 7.24. The maximum absolute atomic E-state index is 10.8. The van der Waals surface area contributed by atoms with Gasteiger partial charge in [-0.3, -0.25) is 5.32 Å². The number of rotatable bonds is 2. The molecular weight excluding hydrogens is 188 g/mol. The van der Waals surface area contributed by atoms with E-state index >= 15 is 0 Å². The molecule has 2 rings (SSSR count). The summed E-state index contributed by atoms with van der Waals surface area (Å²) in [6.07, 6.45) is 1.99. The van der Waals surface area contributed by atoms with Crippen molar-refractivity contribution in [1.29, 1.82) is 0 Å². The van der Waals surface area contributed by atoms with Crippen molar-refractivity contribution in [2.75, 3.05) is 12.4 Å². The molecule has 1 fully saturated rings. The quantitative estimate of drug-likeness (QED) is 0.792. The molecule has 4 nitrogen and oxygen atoms in total. The normalized spacial score (nSPS) is 15.5. The van der Waals surface area contributed by atoms with Crippen LogP contribution in [0.3, 0.4) is 0 Å².